The number of aromatic nitrogens is 2. The Balaban J connectivity index is 1.61. The Kier molecular flexibility index (Phi) is 6.79. The number of piperidine rings is 1. The minimum absolute atomic E-state index is 0.247. The first-order valence-corrected chi connectivity index (χ1v) is 10.8. The highest BCUT2D eigenvalue weighted by molar-refractivity contribution is 6.38. The number of anilines is 1. The molecule has 1 N–H and O–H groups in total. The summed E-state index contributed by atoms with van der Waals surface area (Å²) in [6.45, 7) is 1.75. The second-order valence-electron chi connectivity index (χ2n) is 7.19. The van der Waals surface area contributed by atoms with Gasteiger partial charge in [0.05, 0.1) is 22.0 Å². The van der Waals surface area contributed by atoms with Gasteiger partial charge in [0.15, 0.2) is 0 Å². The van der Waals surface area contributed by atoms with Gasteiger partial charge in [0.2, 0.25) is 5.95 Å². The van der Waals surface area contributed by atoms with E-state index < -0.39 is 5.91 Å². The number of hydrogen-bond acceptors (Lipinski definition) is 5. The van der Waals surface area contributed by atoms with Gasteiger partial charge in [-0.3, -0.25) is 4.79 Å². The van der Waals surface area contributed by atoms with Gasteiger partial charge in [-0.25, -0.2) is 15.4 Å². The monoisotopic (exact) mass is 453 g/mol. The smallest absolute Gasteiger partial charge is 0.290 e. The number of halogens is 2. The van der Waals surface area contributed by atoms with Crippen LogP contribution in [-0.4, -0.2) is 35.2 Å². The minimum atomic E-state index is -0.433. The predicted molar refractivity (Wildman–Crippen MR) is 125 cm³/mol. The second-order valence-corrected chi connectivity index (χ2v) is 8.00. The molecule has 0 radical (unpaired) electrons. The van der Waals surface area contributed by atoms with Gasteiger partial charge in [0.1, 0.15) is 5.69 Å². The standard InChI is InChI=1S/C23H21Cl2N5O/c24-18-10-7-11-19(25)17(18)15-26-29-22(31)21-14-20(16-8-3-1-4-9-16)27-23(28-21)30-12-5-2-6-13-30/h1,3-4,7-11,14-15H,2,5-6,12-13H2,(H,29,31)/b26-15+. The number of amides is 1. The third-order valence-electron chi connectivity index (χ3n) is 5.01. The summed E-state index contributed by atoms with van der Waals surface area (Å²) in [7, 11) is 0. The van der Waals surface area contributed by atoms with Gasteiger partial charge in [-0.15, -0.1) is 0 Å². The lowest BCUT2D eigenvalue weighted by Gasteiger charge is -2.27. The molecule has 6 nitrogen and oxygen atoms in total. The van der Waals surface area contributed by atoms with E-state index in [1.165, 1.54) is 12.6 Å². The molecule has 0 atom stereocenters. The van der Waals surface area contributed by atoms with Gasteiger partial charge in [0, 0.05) is 24.2 Å². The fourth-order valence-electron chi connectivity index (χ4n) is 3.39. The van der Waals surface area contributed by atoms with Crippen molar-refractivity contribution in [1.29, 1.82) is 0 Å². The molecule has 0 unspecified atom stereocenters. The molecule has 1 amide bonds. The number of hydrogen-bond donors (Lipinski definition) is 1. The summed E-state index contributed by atoms with van der Waals surface area (Å²) >= 11 is 12.3. The highest BCUT2D eigenvalue weighted by atomic mass is 35.5. The number of benzene rings is 2. The first-order valence-electron chi connectivity index (χ1n) is 10.1. The van der Waals surface area contributed by atoms with Crippen molar-refractivity contribution in [2.45, 2.75) is 19.3 Å². The molecule has 1 fully saturated rings. The lowest BCUT2D eigenvalue weighted by Crippen LogP contribution is -2.32. The molecule has 3 aromatic rings. The van der Waals surface area contributed by atoms with Gasteiger partial charge < -0.3 is 4.90 Å². The van der Waals surface area contributed by atoms with Crippen molar-refractivity contribution in [1.82, 2.24) is 15.4 Å². The summed E-state index contributed by atoms with van der Waals surface area (Å²) in [4.78, 5) is 24.2. The maximum absolute atomic E-state index is 12.8. The number of carbonyl (C=O) groups excluding carboxylic acids is 1. The Labute approximate surface area is 190 Å². The number of hydrazone groups is 1. The van der Waals surface area contributed by atoms with E-state index in [-0.39, 0.29) is 5.69 Å². The van der Waals surface area contributed by atoms with Crippen molar-refractivity contribution >= 4 is 41.3 Å². The Morgan fingerprint density at radius 1 is 0.968 bits per heavy atom. The van der Waals surface area contributed by atoms with Crippen molar-refractivity contribution in [3.63, 3.8) is 0 Å². The van der Waals surface area contributed by atoms with Crippen LogP contribution in [-0.2, 0) is 0 Å². The average molecular weight is 454 g/mol. The van der Waals surface area contributed by atoms with Gasteiger partial charge in [0.25, 0.3) is 5.91 Å². The van der Waals surface area contributed by atoms with Crippen LogP contribution in [0.3, 0.4) is 0 Å². The van der Waals surface area contributed by atoms with Crippen LogP contribution >= 0.6 is 23.2 Å². The van der Waals surface area contributed by atoms with Crippen LogP contribution in [0.2, 0.25) is 10.0 Å². The first kappa shape index (κ1) is 21.3. The maximum atomic E-state index is 12.8. The predicted octanol–water partition coefficient (Wildman–Crippen LogP) is 5.20. The third kappa shape index (κ3) is 5.21. The van der Waals surface area contributed by atoms with Crippen LogP contribution < -0.4 is 10.3 Å². The number of carbonyl (C=O) groups is 1. The van der Waals surface area contributed by atoms with Crippen molar-refractivity contribution < 1.29 is 4.79 Å². The largest absolute Gasteiger partial charge is 0.341 e. The molecule has 4 rings (SSSR count). The molecule has 2 aromatic carbocycles. The molecule has 1 saturated heterocycles. The van der Waals surface area contributed by atoms with Gasteiger partial charge in [-0.2, -0.15) is 5.10 Å². The molecule has 2 heterocycles. The number of nitrogens with zero attached hydrogens (tertiary/aromatic N) is 4. The minimum Gasteiger partial charge on any atom is -0.341 e. The molecule has 0 bridgehead atoms. The van der Waals surface area contributed by atoms with Crippen LogP contribution in [0.25, 0.3) is 11.3 Å². The maximum Gasteiger partial charge on any atom is 0.290 e. The third-order valence-corrected chi connectivity index (χ3v) is 5.67. The molecule has 0 saturated carbocycles. The molecule has 0 aliphatic carbocycles. The Morgan fingerprint density at radius 3 is 2.39 bits per heavy atom. The van der Waals surface area contributed by atoms with Crippen LogP contribution in [0.4, 0.5) is 5.95 Å². The number of nitrogens with one attached hydrogen (secondary N) is 1. The van der Waals surface area contributed by atoms with Crippen molar-refractivity contribution in [2.75, 3.05) is 18.0 Å². The zero-order valence-corrected chi connectivity index (χ0v) is 18.3. The molecule has 1 aliphatic rings. The number of rotatable bonds is 5. The molecule has 1 aromatic heterocycles. The average Bonchev–Trinajstić information content (AvgIpc) is 2.81. The van der Waals surface area contributed by atoms with E-state index in [9.17, 15) is 4.79 Å². The zero-order valence-electron chi connectivity index (χ0n) is 16.8. The highest BCUT2D eigenvalue weighted by Crippen LogP contribution is 2.24. The second kappa shape index (κ2) is 9.90. The Hall–Kier alpha value is -2.96. The fourth-order valence-corrected chi connectivity index (χ4v) is 3.88. The van der Waals surface area contributed by atoms with E-state index in [1.807, 2.05) is 30.3 Å². The lowest BCUT2D eigenvalue weighted by molar-refractivity contribution is 0.0950. The normalized spacial score (nSPS) is 14.1. The van der Waals surface area contributed by atoms with Gasteiger partial charge in [-0.1, -0.05) is 59.6 Å². The molecule has 0 spiro atoms. The highest BCUT2D eigenvalue weighted by Gasteiger charge is 2.18. The lowest BCUT2D eigenvalue weighted by atomic mass is 10.1. The van der Waals surface area contributed by atoms with Crippen molar-refractivity contribution in [3.8, 4) is 11.3 Å². The first-order chi connectivity index (χ1) is 15.1. The quantitative estimate of drug-likeness (QED) is 0.425. The van der Waals surface area contributed by atoms with Crippen molar-refractivity contribution in [3.05, 3.63) is 75.9 Å². The molecular weight excluding hydrogens is 433 g/mol. The van der Waals surface area contributed by atoms with E-state index in [2.05, 4.69) is 20.4 Å². The summed E-state index contributed by atoms with van der Waals surface area (Å²) < 4.78 is 0. The van der Waals surface area contributed by atoms with Crippen LogP contribution in [0.1, 0.15) is 35.3 Å². The van der Waals surface area contributed by atoms with E-state index in [4.69, 9.17) is 28.2 Å². The van der Waals surface area contributed by atoms with E-state index in [0.29, 0.717) is 27.3 Å². The fraction of sp³-hybridized carbons (Fsp3) is 0.217. The molecule has 31 heavy (non-hydrogen) atoms. The Bertz CT molecular complexity index is 1080. The molecular formula is C23H21Cl2N5O. The molecule has 8 heteroatoms. The molecule has 1 aliphatic heterocycles. The van der Waals surface area contributed by atoms with Crippen molar-refractivity contribution in [2.24, 2.45) is 5.10 Å². The SMILES string of the molecule is O=C(N/N=C/c1c(Cl)cccc1Cl)c1cc(-c2ccccc2)nc(N2CCCCC2)n1. The molecule has 158 valence electrons. The Morgan fingerprint density at radius 2 is 1.68 bits per heavy atom. The van der Waals surface area contributed by atoms with E-state index >= 15 is 0 Å². The van der Waals surface area contributed by atoms with Crippen LogP contribution in [0.15, 0.2) is 59.7 Å². The zero-order chi connectivity index (χ0) is 21.6. The van der Waals surface area contributed by atoms with Crippen LogP contribution in [0.5, 0.6) is 0 Å². The van der Waals surface area contributed by atoms with Gasteiger partial charge in [-0.05, 0) is 37.5 Å². The van der Waals surface area contributed by atoms with Crippen LogP contribution in [0, 0.1) is 0 Å². The summed E-state index contributed by atoms with van der Waals surface area (Å²) in [5, 5.41) is 4.92. The van der Waals surface area contributed by atoms with E-state index in [1.54, 1.807) is 24.3 Å². The summed E-state index contributed by atoms with van der Waals surface area (Å²) in [6, 6.07) is 16.6. The summed E-state index contributed by atoms with van der Waals surface area (Å²) in [5.41, 5.74) is 4.91. The summed E-state index contributed by atoms with van der Waals surface area (Å²) in [6.07, 6.45) is 4.79. The topological polar surface area (TPSA) is 70.5 Å². The van der Waals surface area contributed by atoms with E-state index in [0.717, 1.165) is 31.5 Å². The summed E-state index contributed by atoms with van der Waals surface area (Å²) in [5.74, 6) is 0.126. The van der Waals surface area contributed by atoms with Gasteiger partial charge >= 0.3 is 0 Å².